The molecule has 0 radical (unpaired) electrons. The average Bonchev–Trinajstić information content (AvgIpc) is 2.34. The minimum atomic E-state index is -3.77. The van der Waals surface area contributed by atoms with Gasteiger partial charge in [0, 0.05) is 19.8 Å². The molecule has 0 saturated carbocycles. The number of nitrogens with zero attached hydrogens (tertiary/aromatic N) is 1. The number of sulfone groups is 1. The molecule has 0 aliphatic rings. The molecule has 0 spiro atoms. The fourth-order valence-corrected chi connectivity index (χ4v) is 4.45. The van der Waals surface area contributed by atoms with E-state index < -0.39 is 19.9 Å². The normalized spacial score (nSPS) is 12.8. The van der Waals surface area contributed by atoms with Crippen molar-refractivity contribution in [1.29, 1.82) is 0 Å². The quantitative estimate of drug-likeness (QED) is 0.798. The number of hydrogen-bond donors (Lipinski definition) is 0. The summed E-state index contributed by atoms with van der Waals surface area (Å²) in [5, 5.41) is 0. The van der Waals surface area contributed by atoms with Gasteiger partial charge in [0.1, 0.15) is 4.90 Å². The van der Waals surface area contributed by atoms with Gasteiger partial charge in [-0.05, 0) is 18.6 Å². The first-order valence-electron chi connectivity index (χ1n) is 5.96. The smallest absolute Gasteiger partial charge is 0.224 e. The molecule has 0 bridgehead atoms. The lowest BCUT2D eigenvalue weighted by atomic mass is 10.3. The monoisotopic (exact) mass is 305 g/mol. The van der Waals surface area contributed by atoms with Crippen LogP contribution in [0.4, 0.5) is 0 Å². The lowest BCUT2D eigenvalue weighted by Gasteiger charge is -2.18. The first-order valence-corrected chi connectivity index (χ1v) is 9.30. The number of benzene rings is 1. The van der Waals surface area contributed by atoms with Gasteiger partial charge in [-0.3, -0.25) is 0 Å². The molecule has 0 unspecified atom stereocenters. The van der Waals surface area contributed by atoms with Crippen LogP contribution in [0.1, 0.15) is 19.8 Å². The van der Waals surface area contributed by atoms with Crippen molar-refractivity contribution in [3.8, 4) is 0 Å². The van der Waals surface area contributed by atoms with Crippen molar-refractivity contribution in [2.45, 2.75) is 29.6 Å². The molecule has 0 aromatic heterocycles. The Labute approximate surface area is 115 Å². The molecule has 0 heterocycles. The van der Waals surface area contributed by atoms with Gasteiger partial charge in [-0.2, -0.15) is 0 Å². The molecular formula is C12H19NO4S2. The third-order valence-corrected chi connectivity index (χ3v) is 5.96. The fourth-order valence-electron chi connectivity index (χ4n) is 1.64. The van der Waals surface area contributed by atoms with Crippen LogP contribution in [-0.4, -0.2) is 41.0 Å². The minimum Gasteiger partial charge on any atom is -0.224 e. The van der Waals surface area contributed by atoms with Crippen LogP contribution < -0.4 is 0 Å². The van der Waals surface area contributed by atoms with Crippen LogP contribution >= 0.6 is 0 Å². The summed E-state index contributed by atoms with van der Waals surface area (Å²) in [5.74, 6) is 0. The van der Waals surface area contributed by atoms with Crippen LogP contribution in [0.5, 0.6) is 0 Å². The van der Waals surface area contributed by atoms with Gasteiger partial charge in [0.2, 0.25) is 10.0 Å². The SMILES string of the molecule is CCCCN(C)S(=O)(=O)c1ccccc1S(C)(=O)=O. The summed E-state index contributed by atoms with van der Waals surface area (Å²) in [5.41, 5.74) is 0. The second kappa shape index (κ2) is 6.02. The van der Waals surface area contributed by atoms with E-state index in [1.165, 1.54) is 35.6 Å². The van der Waals surface area contributed by atoms with Gasteiger partial charge in [-0.25, -0.2) is 21.1 Å². The molecule has 0 amide bonds. The summed E-state index contributed by atoms with van der Waals surface area (Å²) in [7, 11) is -5.88. The lowest BCUT2D eigenvalue weighted by Crippen LogP contribution is -2.29. The fraction of sp³-hybridized carbons (Fsp3) is 0.500. The predicted molar refractivity (Wildman–Crippen MR) is 74.3 cm³/mol. The maximum Gasteiger partial charge on any atom is 0.244 e. The second-order valence-corrected chi connectivity index (χ2v) is 8.40. The van der Waals surface area contributed by atoms with Crippen LogP contribution in [0, 0.1) is 0 Å². The Hall–Kier alpha value is -0.920. The molecule has 1 aromatic carbocycles. The van der Waals surface area contributed by atoms with E-state index in [0.29, 0.717) is 6.54 Å². The Morgan fingerprint density at radius 3 is 2.05 bits per heavy atom. The number of sulfonamides is 1. The third-order valence-electron chi connectivity index (χ3n) is 2.76. The van der Waals surface area contributed by atoms with E-state index in [9.17, 15) is 16.8 Å². The van der Waals surface area contributed by atoms with Crippen LogP contribution in [0.15, 0.2) is 34.1 Å². The molecule has 5 nitrogen and oxygen atoms in total. The van der Waals surface area contributed by atoms with Gasteiger partial charge in [0.15, 0.2) is 9.84 Å². The second-order valence-electron chi connectivity index (χ2n) is 4.40. The van der Waals surface area contributed by atoms with Gasteiger partial charge in [-0.15, -0.1) is 0 Å². The molecular weight excluding hydrogens is 286 g/mol. The van der Waals surface area contributed by atoms with Gasteiger partial charge < -0.3 is 0 Å². The standard InChI is InChI=1S/C12H19NO4S2/c1-4-5-10-13(2)19(16,17)12-9-7-6-8-11(12)18(3,14)15/h6-9H,4-5,10H2,1-3H3. The molecule has 0 atom stereocenters. The maximum atomic E-state index is 12.4. The highest BCUT2D eigenvalue weighted by atomic mass is 32.2. The van der Waals surface area contributed by atoms with E-state index in [2.05, 4.69) is 0 Å². The molecule has 108 valence electrons. The van der Waals surface area contributed by atoms with Gasteiger partial charge in [0.05, 0.1) is 4.90 Å². The van der Waals surface area contributed by atoms with Gasteiger partial charge in [0.25, 0.3) is 0 Å². The van der Waals surface area contributed by atoms with Crippen LogP contribution in [0.3, 0.4) is 0 Å². The summed E-state index contributed by atoms with van der Waals surface area (Å²) >= 11 is 0. The van der Waals surface area contributed by atoms with E-state index in [1.807, 2.05) is 6.92 Å². The molecule has 19 heavy (non-hydrogen) atoms. The average molecular weight is 305 g/mol. The van der Waals surface area contributed by atoms with Crippen molar-refractivity contribution >= 4 is 19.9 Å². The largest absolute Gasteiger partial charge is 0.244 e. The van der Waals surface area contributed by atoms with Crippen molar-refractivity contribution in [3.05, 3.63) is 24.3 Å². The summed E-state index contributed by atoms with van der Waals surface area (Å²) in [6.45, 7) is 2.34. The zero-order chi connectivity index (χ0) is 14.7. The van der Waals surface area contributed by atoms with Gasteiger partial charge in [-0.1, -0.05) is 25.5 Å². The summed E-state index contributed by atoms with van der Waals surface area (Å²) in [4.78, 5) is -0.311. The Bertz CT molecular complexity index is 635. The number of unbranched alkanes of at least 4 members (excludes halogenated alkanes) is 1. The van der Waals surface area contributed by atoms with Crippen LogP contribution in [-0.2, 0) is 19.9 Å². The maximum absolute atomic E-state index is 12.4. The molecule has 0 saturated heterocycles. The first kappa shape index (κ1) is 16.1. The van der Waals surface area contributed by atoms with E-state index in [0.717, 1.165) is 19.1 Å². The number of hydrogen-bond acceptors (Lipinski definition) is 4. The molecule has 1 rings (SSSR count). The summed E-state index contributed by atoms with van der Waals surface area (Å²) < 4.78 is 49.2. The zero-order valence-electron chi connectivity index (χ0n) is 11.3. The van der Waals surface area contributed by atoms with E-state index >= 15 is 0 Å². The van der Waals surface area contributed by atoms with Crippen molar-refractivity contribution in [1.82, 2.24) is 4.31 Å². The lowest BCUT2D eigenvalue weighted by molar-refractivity contribution is 0.457. The van der Waals surface area contributed by atoms with E-state index in [1.54, 1.807) is 0 Å². The van der Waals surface area contributed by atoms with Gasteiger partial charge >= 0.3 is 0 Å². The van der Waals surface area contributed by atoms with Crippen LogP contribution in [0.2, 0.25) is 0 Å². The summed E-state index contributed by atoms with van der Waals surface area (Å²) in [6.07, 6.45) is 2.61. The van der Waals surface area contributed by atoms with Crippen molar-refractivity contribution in [2.75, 3.05) is 19.8 Å². The minimum absolute atomic E-state index is 0.154. The predicted octanol–water partition coefficient (Wildman–Crippen LogP) is 1.51. The Morgan fingerprint density at radius 1 is 1.05 bits per heavy atom. The molecule has 0 fully saturated rings. The molecule has 0 aliphatic carbocycles. The topological polar surface area (TPSA) is 71.5 Å². The summed E-state index contributed by atoms with van der Waals surface area (Å²) in [6, 6.07) is 5.68. The first-order chi connectivity index (χ1) is 8.71. The highest BCUT2D eigenvalue weighted by Gasteiger charge is 2.26. The van der Waals surface area contributed by atoms with Crippen molar-refractivity contribution in [2.24, 2.45) is 0 Å². The third kappa shape index (κ3) is 3.77. The van der Waals surface area contributed by atoms with E-state index in [-0.39, 0.29) is 9.79 Å². The molecule has 7 heteroatoms. The Morgan fingerprint density at radius 2 is 1.58 bits per heavy atom. The molecule has 1 aromatic rings. The van der Waals surface area contributed by atoms with Crippen molar-refractivity contribution in [3.63, 3.8) is 0 Å². The van der Waals surface area contributed by atoms with Crippen molar-refractivity contribution < 1.29 is 16.8 Å². The highest BCUT2D eigenvalue weighted by molar-refractivity contribution is 7.93. The highest BCUT2D eigenvalue weighted by Crippen LogP contribution is 2.23. The van der Waals surface area contributed by atoms with E-state index in [4.69, 9.17) is 0 Å². The molecule has 0 N–H and O–H groups in total. The van der Waals surface area contributed by atoms with Crippen LogP contribution in [0.25, 0.3) is 0 Å². The Kier molecular flexibility index (Phi) is 5.11. The molecule has 0 aliphatic heterocycles. The number of rotatable bonds is 6. The Balaban J connectivity index is 3.30. The zero-order valence-corrected chi connectivity index (χ0v) is 13.0.